The zero-order valence-corrected chi connectivity index (χ0v) is 11.4. The van der Waals surface area contributed by atoms with E-state index in [1.807, 2.05) is 23.1 Å². The van der Waals surface area contributed by atoms with Gasteiger partial charge in [-0.25, -0.2) is 0 Å². The standard InChI is InChI=1S/C15H19N3O/c1-10(2)9-18(13-5-6-13)15(19)11-3-4-12-8-16-17-14(12)7-11/h3-4,7-8,10,13H,5-6,9H2,1-2H3,(H,16,17). The van der Waals surface area contributed by atoms with Gasteiger partial charge in [0.25, 0.3) is 5.91 Å². The molecule has 1 saturated carbocycles. The molecular weight excluding hydrogens is 238 g/mol. The maximum Gasteiger partial charge on any atom is 0.254 e. The third-order valence-electron chi connectivity index (χ3n) is 3.50. The average molecular weight is 257 g/mol. The van der Waals surface area contributed by atoms with Crippen molar-refractivity contribution in [3.8, 4) is 0 Å². The molecule has 1 aromatic heterocycles. The van der Waals surface area contributed by atoms with Gasteiger partial charge in [-0.05, 0) is 30.9 Å². The number of aromatic nitrogens is 2. The minimum Gasteiger partial charge on any atom is -0.335 e. The average Bonchev–Trinajstić information content (AvgIpc) is 3.12. The van der Waals surface area contributed by atoms with Gasteiger partial charge in [0.15, 0.2) is 0 Å². The van der Waals surface area contributed by atoms with E-state index in [9.17, 15) is 4.79 Å². The number of hydrogen-bond donors (Lipinski definition) is 1. The van der Waals surface area contributed by atoms with Crippen molar-refractivity contribution < 1.29 is 4.79 Å². The van der Waals surface area contributed by atoms with Crippen molar-refractivity contribution in [2.45, 2.75) is 32.7 Å². The van der Waals surface area contributed by atoms with Crippen LogP contribution in [-0.2, 0) is 0 Å². The first-order valence-corrected chi connectivity index (χ1v) is 6.89. The number of amides is 1. The summed E-state index contributed by atoms with van der Waals surface area (Å²) in [5, 5.41) is 7.95. The van der Waals surface area contributed by atoms with Gasteiger partial charge >= 0.3 is 0 Å². The van der Waals surface area contributed by atoms with Crippen molar-refractivity contribution in [3.05, 3.63) is 30.0 Å². The van der Waals surface area contributed by atoms with E-state index in [0.717, 1.165) is 35.9 Å². The third-order valence-corrected chi connectivity index (χ3v) is 3.50. The Bertz CT molecular complexity index is 598. The molecular formula is C15H19N3O. The summed E-state index contributed by atoms with van der Waals surface area (Å²) in [7, 11) is 0. The predicted octanol–water partition coefficient (Wildman–Crippen LogP) is 2.82. The lowest BCUT2D eigenvalue weighted by molar-refractivity contribution is 0.0722. The number of rotatable bonds is 4. The fourth-order valence-corrected chi connectivity index (χ4v) is 2.41. The minimum absolute atomic E-state index is 0.146. The fourth-order valence-electron chi connectivity index (χ4n) is 2.41. The number of hydrogen-bond acceptors (Lipinski definition) is 2. The Morgan fingerprint density at radius 3 is 2.95 bits per heavy atom. The molecule has 0 radical (unpaired) electrons. The van der Waals surface area contributed by atoms with Gasteiger partial charge in [0, 0.05) is 23.5 Å². The van der Waals surface area contributed by atoms with Gasteiger partial charge < -0.3 is 4.90 Å². The van der Waals surface area contributed by atoms with E-state index in [4.69, 9.17) is 0 Å². The summed E-state index contributed by atoms with van der Waals surface area (Å²) in [5.41, 5.74) is 1.68. The number of carbonyl (C=O) groups excluding carboxylic acids is 1. The number of H-pyrrole nitrogens is 1. The van der Waals surface area contributed by atoms with Crippen molar-refractivity contribution >= 4 is 16.8 Å². The van der Waals surface area contributed by atoms with Gasteiger partial charge in [-0.3, -0.25) is 9.89 Å². The molecule has 0 spiro atoms. The van der Waals surface area contributed by atoms with E-state index >= 15 is 0 Å². The van der Waals surface area contributed by atoms with E-state index < -0.39 is 0 Å². The van der Waals surface area contributed by atoms with Gasteiger partial charge in [0.1, 0.15) is 0 Å². The van der Waals surface area contributed by atoms with Crippen LogP contribution in [0.25, 0.3) is 10.9 Å². The molecule has 19 heavy (non-hydrogen) atoms. The highest BCUT2D eigenvalue weighted by atomic mass is 16.2. The normalized spacial score (nSPS) is 15.1. The van der Waals surface area contributed by atoms with Gasteiger partial charge in [0.2, 0.25) is 0 Å². The molecule has 4 heteroatoms. The summed E-state index contributed by atoms with van der Waals surface area (Å²) in [6, 6.07) is 6.20. The zero-order valence-electron chi connectivity index (χ0n) is 11.4. The van der Waals surface area contributed by atoms with E-state index in [2.05, 4.69) is 24.0 Å². The summed E-state index contributed by atoms with van der Waals surface area (Å²) in [5.74, 6) is 0.646. The molecule has 0 unspecified atom stereocenters. The second-order valence-corrected chi connectivity index (χ2v) is 5.75. The quantitative estimate of drug-likeness (QED) is 0.915. The summed E-state index contributed by atoms with van der Waals surface area (Å²) in [6.07, 6.45) is 4.06. The smallest absolute Gasteiger partial charge is 0.254 e. The molecule has 0 bridgehead atoms. The maximum absolute atomic E-state index is 12.6. The van der Waals surface area contributed by atoms with E-state index in [0.29, 0.717) is 12.0 Å². The Hall–Kier alpha value is -1.84. The lowest BCUT2D eigenvalue weighted by Crippen LogP contribution is -2.36. The van der Waals surface area contributed by atoms with Crippen LogP contribution in [-0.4, -0.2) is 33.6 Å². The molecule has 1 fully saturated rings. The van der Waals surface area contributed by atoms with Crippen molar-refractivity contribution in [1.82, 2.24) is 15.1 Å². The highest BCUT2D eigenvalue weighted by Gasteiger charge is 2.33. The Labute approximate surface area is 112 Å². The lowest BCUT2D eigenvalue weighted by atomic mass is 10.1. The van der Waals surface area contributed by atoms with Crippen LogP contribution in [0.3, 0.4) is 0 Å². The first-order valence-electron chi connectivity index (χ1n) is 6.89. The Morgan fingerprint density at radius 1 is 1.47 bits per heavy atom. The number of nitrogens with zero attached hydrogens (tertiary/aromatic N) is 2. The van der Waals surface area contributed by atoms with E-state index in [1.165, 1.54) is 0 Å². The van der Waals surface area contributed by atoms with Crippen LogP contribution < -0.4 is 0 Å². The molecule has 1 amide bonds. The molecule has 1 aliphatic rings. The van der Waals surface area contributed by atoms with Crippen LogP contribution >= 0.6 is 0 Å². The van der Waals surface area contributed by atoms with E-state index in [1.54, 1.807) is 6.20 Å². The minimum atomic E-state index is 0.146. The van der Waals surface area contributed by atoms with Crippen molar-refractivity contribution in [3.63, 3.8) is 0 Å². The number of nitrogens with one attached hydrogen (secondary N) is 1. The molecule has 0 saturated heterocycles. The third kappa shape index (κ3) is 2.48. The second-order valence-electron chi connectivity index (χ2n) is 5.75. The van der Waals surface area contributed by atoms with Crippen molar-refractivity contribution in [1.29, 1.82) is 0 Å². The molecule has 1 N–H and O–H groups in total. The zero-order chi connectivity index (χ0) is 13.4. The molecule has 0 aliphatic heterocycles. The predicted molar refractivity (Wildman–Crippen MR) is 75.0 cm³/mol. The Kier molecular flexibility index (Phi) is 3.01. The van der Waals surface area contributed by atoms with Crippen LogP contribution in [0, 0.1) is 5.92 Å². The summed E-state index contributed by atoms with van der Waals surface area (Å²) >= 11 is 0. The summed E-state index contributed by atoms with van der Waals surface area (Å²) < 4.78 is 0. The molecule has 1 aliphatic carbocycles. The van der Waals surface area contributed by atoms with Crippen LogP contribution in [0.15, 0.2) is 24.4 Å². The molecule has 1 heterocycles. The largest absolute Gasteiger partial charge is 0.335 e. The number of benzene rings is 1. The molecule has 0 atom stereocenters. The molecule has 100 valence electrons. The maximum atomic E-state index is 12.6. The monoisotopic (exact) mass is 257 g/mol. The highest BCUT2D eigenvalue weighted by molar-refractivity contribution is 5.98. The second kappa shape index (κ2) is 4.68. The summed E-state index contributed by atoms with van der Waals surface area (Å²) in [4.78, 5) is 14.6. The first kappa shape index (κ1) is 12.2. The van der Waals surface area contributed by atoms with Gasteiger partial charge in [-0.1, -0.05) is 19.9 Å². The first-order chi connectivity index (χ1) is 9.15. The summed E-state index contributed by atoms with van der Waals surface area (Å²) in [6.45, 7) is 5.14. The van der Waals surface area contributed by atoms with Crippen LogP contribution in [0.1, 0.15) is 37.0 Å². The van der Waals surface area contributed by atoms with Crippen molar-refractivity contribution in [2.24, 2.45) is 5.92 Å². The highest BCUT2D eigenvalue weighted by Crippen LogP contribution is 2.29. The Morgan fingerprint density at radius 2 is 2.26 bits per heavy atom. The molecule has 1 aromatic carbocycles. The molecule has 2 aromatic rings. The molecule has 3 rings (SSSR count). The van der Waals surface area contributed by atoms with Gasteiger partial charge in [-0.15, -0.1) is 0 Å². The van der Waals surface area contributed by atoms with Crippen LogP contribution in [0.4, 0.5) is 0 Å². The van der Waals surface area contributed by atoms with Crippen LogP contribution in [0.2, 0.25) is 0 Å². The van der Waals surface area contributed by atoms with Gasteiger partial charge in [-0.2, -0.15) is 5.10 Å². The topological polar surface area (TPSA) is 49.0 Å². The number of carbonyl (C=O) groups is 1. The van der Waals surface area contributed by atoms with E-state index in [-0.39, 0.29) is 5.91 Å². The Balaban J connectivity index is 1.87. The number of fused-ring (bicyclic) bond motifs is 1. The fraction of sp³-hybridized carbons (Fsp3) is 0.467. The number of aromatic amines is 1. The van der Waals surface area contributed by atoms with Crippen molar-refractivity contribution in [2.75, 3.05) is 6.54 Å². The SMILES string of the molecule is CC(C)CN(C(=O)c1ccc2cn[nH]c2c1)C1CC1. The van der Waals surface area contributed by atoms with Crippen LogP contribution in [0.5, 0.6) is 0 Å². The molecule has 4 nitrogen and oxygen atoms in total. The van der Waals surface area contributed by atoms with Gasteiger partial charge in [0.05, 0.1) is 11.7 Å². The lowest BCUT2D eigenvalue weighted by Gasteiger charge is -2.24.